The highest BCUT2D eigenvalue weighted by Crippen LogP contribution is 2.25. The fraction of sp³-hybridized carbons (Fsp3) is 0.400. The molecule has 2 heterocycles. The van der Waals surface area contributed by atoms with Crippen molar-refractivity contribution >= 4 is 10.9 Å². The maximum Gasteiger partial charge on any atom is 0.0705 e. The lowest BCUT2D eigenvalue weighted by Gasteiger charge is -2.09. The molecule has 0 saturated carbocycles. The van der Waals surface area contributed by atoms with Crippen LogP contribution >= 0.6 is 0 Å². The number of nitrogens with zero attached hydrogens (tertiary/aromatic N) is 1. The molecular formula is C15H18N2. The minimum atomic E-state index is 0.673. The van der Waals surface area contributed by atoms with E-state index in [1.807, 2.05) is 6.20 Å². The maximum absolute atomic E-state index is 4.56. The lowest BCUT2D eigenvalue weighted by atomic mass is 9.97. The van der Waals surface area contributed by atoms with E-state index < -0.39 is 0 Å². The summed E-state index contributed by atoms with van der Waals surface area (Å²) in [6.45, 7) is 4.42. The molecule has 0 amide bonds. The zero-order valence-electron chi connectivity index (χ0n) is 10.2. The van der Waals surface area contributed by atoms with Crippen LogP contribution in [0, 0.1) is 0 Å². The van der Waals surface area contributed by atoms with E-state index >= 15 is 0 Å². The fourth-order valence-electron chi connectivity index (χ4n) is 2.57. The Hall–Kier alpha value is -1.41. The van der Waals surface area contributed by atoms with Gasteiger partial charge in [-0.05, 0) is 48.6 Å². The van der Waals surface area contributed by atoms with Gasteiger partial charge in [0, 0.05) is 18.1 Å². The van der Waals surface area contributed by atoms with E-state index in [-0.39, 0.29) is 0 Å². The lowest BCUT2D eigenvalue weighted by Crippen LogP contribution is -2.07. The molecule has 3 rings (SSSR count). The van der Waals surface area contributed by atoms with Crippen molar-refractivity contribution in [3.05, 3.63) is 41.6 Å². The van der Waals surface area contributed by atoms with Gasteiger partial charge in [-0.25, -0.2) is 0 Å². The number of nitrogens with one attached hydrogen (secondary N) is 1. The Labute approximate surface area is 102 Å². The minimum Gasteiger partial charge on any atom is -0.316 e. The number of rotatable bonds is 2. The summed E-state index contributed by atoms with van der Waals surface area (Å²) < 4.78 is 0. The molecule has 1 aromatic heterocycles. The third kappa shape index (κ3) is 2.05. The molecule has 2 heteroatoms. The van der Waals surface area contributed by atoms with Gasteiger partial charge in [0.05, 0.1) is 5.52 Å². The summed E-state index contributed by atoms with van der Waals surface area (Å²) in [5.41, 5.74) is 3.87. The Morgan fingerprint density at radius 2 is 2.29 bits per heavy atom. The normalized spacial score (nSPS) is 19.9. The first-order valence-electron chi connectivity index (χ1n) is 6.46. The van der Waals surface area contributed by atoms with Gasteiger partial charge in [-0.2, -0.15) is 0 Å². The van der Waals surface area contributed by atoms with E-state index in [0.717, 1.165) is 25.0 Å². The van der Waals surface area contributed by atoms with Crippen LogP contribution in [0.4, 0.5) is 0 Å². The number of fused-ring (bicyclic) bond motifs is 1. The van der Waals surface area contributed by atoms with Crippen molar-refractivity contribution in [3.63, 3.8) is 0 Å². The summed E-state index contributed by atoms with van der Waals surface area (Å²) in [6, 6.07) is 8.99. The SMILES string of the molecule is CCc1cnc2cc([C@H]3CCNC3)ccc2c1. The molecule has 2 nitrogen and oxygen atoms in total. The largest absolute Gasteiger partial charge is 0.316 e. The third-order valence-corrected chi connectivity index (χ3v) is 3.70. The average Bonchev–Trinajstić information content (AvgIpc) is 2.91. The van der Waals surface area contributed by atoms with Gasteiger partial charge in [-0.1, -0.05) is 19.1 Å². The summed E-state index contributed by atoms with van der Waals surface area (Å²) in [7, 11) is 0. The van der Waals surface area contributed by atoms with Gasteiger partial charge >= 0.3 is 0 Å². The van der Waals surface area contributed by atoms with E-state index in [2.05, 4.69) is 41.5 Å². The highest BCUT2D eigenvalue weighted by atomic mass is 14.9. The predicted molar refractivity (Wildman–Crippen MR) is 71.3 cm³/mol. The zero-order chi connectivity index (χ0) is 11.7. The number of pyridine rings is 1. The van der Waals surface area contributed by atoms with E-state index in [0.29, 0.717) is 5.92 Å². The van der Waals surface area contributed by atoms with Crippen molar-refractivity contribution in [2.75, 3.05) is 13.1 Å². The van der Waals surface area contributed by atoms with Gasteiger partial charge in [0.2, 0.25) is 0 Å². The summed E-state index contributed by atoms with van der Waals surface area (Å²) in [5.74, 6) is 0.673. The number of benzene rings is 1. The monoisotopic (exact) mass is 226 g/mol. The summed E-state index contributed by atoms with van der Waals surface area (Å²) in [4.78, 5) is 4.56. The lowest BCUT2D eigenvalue weighted by molar-refractivity contribution is 0.764. The van der Waals surface area contributed by atoms with Crippen LogP contribution in [0.3, 0.4) is 0 Å². The quantitative estimate of drug-likeness (QED) is 0.851. The molecule has 1 N–H and O–H groups in total. The number of hydrogen-bond acceptors (Lipinski definition) is 2. The van der Waals surface area contributed by atoms with Crippen LogP contribution in [-0.2, 0) is 6.42 Å². The van der Waals surface area contributed by atoms with Crippen LogP contribution in [0.25, 0.3) is 10.9 Å². The molecule has 1 saturated heterocycles. The van der Waals surface area contributed by atoms with Crippen LogP contribution in [0.2, 0.25) is 0 Å². The Balaban J connectivity index is 2.01. The van der Waals surface area contributed by atoms with Crippen LogP contribution in [0.1, 0.15) is 30.4 Å². The molecule has 0 aliphatic carbocycles. The Kier molecular flexibility index (Phi) is 2.81. The predicted octanol–water partition coefficient (Wildman–Crippen LogP) is 2.87. The summed E-state index contributed by atoms with van der Waals surface area (Å²) in [5, 5.41) is 4.68. The summed E-state index contributed by atoms with van der Waals surface area (Å²) in [6.07, 6.45) is 4.30. The van der Waals surface area contributed by atoms with Gasteiger partial charge in [0.25, 0.3) is 0 Å². The van der Waals surface area contributed by atoms with E-state index in [9.17, 15) is 0 Å². The first kappa shape index (κ1) is 10.7. The van der Waals surface area contributed by atoms with Crippen molar-refractivity contribution < 1.29 is 0 Å². The first-order chi connectivity index (χ1) is 8.36. The topological polar surface area (TPSA) is 24.9 Å². The van der Waals surface area contributed by atoms with Crippen LogP contribution < -0.4 is 5.32 Å². The van der Waals surface area contributed by atoms with Gasteiger partial charge in [0.15, 0.2) is 0 Å². The highest BCUT2D eigenvalue weighted by Gasteiger charge is 2.16. The molecule has 0 bridgehead atoms. The van der Waals surface area contributed by atoms with Crippen molar-refractivity contribution in [2.45, 2.75) is 25.7 Å². The molecular weight excluding hydrogens is 208 g/mol. The third-order valence-electron chi connectivity index (χ3n) is 3.70. The zero-order valence-corrected chi connectivity index (χ0v) is 10.2. The second kappa shape index (κ2) is 4.46. The Morgan fingerprint density at radius 1 is 1.35 bits per heavy atom. The second-order valence-electron chi connectivity index (χ2n) is 4.84. The van der Waals surface area contributed by atoms with Crippen LogP contribution in [0.5, 0.6) is 0 Å². The molecule has 17 heavy (non-hydrogen) atoms. The molecule has 2 aromatic rings. The van der Waals surface area contributed by atoms with Crippen molar-refractivity contribution in [1.82, 2.24) is 10.3 Å². The molecule has 1 fully saturated rings. The maximum atomic E-state index is 4.56. The van der Waals surface area contributed by atoms with Crippen LogP contribution in [0.15, 0.2) is 30.5 Å². The van der Waals surface area contributed by atoms with Crippen molar-refractivity contribution in [1.29, 1.82) is 0 Å². The molecule has 0 radical (unpaired) electrons. The standard InChI is InChI=1S/C15H18N2/c1-2-11-7-13-4-3-12(8-15(13)17-9-11)14-5-6-16-10-14/h3-4,7-9,14,16H,2,5-6,10H2,1H3/t14-/m0/s1. The minimum absolute atomic E-state index is 0.673. The molecule has 1 atom stereocenters. The van der Waals surface area contributed by atoms with Gasteiger partial charge in [-0.3, -0.25) is 4.98 Å². The highest BCUT2D eigenvalue weighted by molar-refractivity contribution is 5.79. The number of aromatic nitrogens is 1. The fourth-order valence-corrected chi connectivity index (χ4v) is 2.57. The number of aryl methyl sites for hydroxylation is 1. The van der Waals surface area contributed by atoms with Gasteiger partial charge in [-0.15, -0.1) is 0 Å². The van der Waals surface area contributed by atoms with Crippen molar-refractivity contribution in [3.8, 4) is 0 Å². The van der Waals surface area contributed by atoms with Gasteiger partial charge in [0.1, 0.15) is 0 Å². The van der Waals surface area contributed by atoms with Crippen LogP contribution in [-0.4, -0.2) is 18.1 Å². The molecule has 1 aliphatic rings. The first-order valence-corrected chi connectivity index (χ1v) is 6.46. The molecule has 1 aromatic carbocycles. The molecule has 0 unspecified atom stereocenters. The number of hydrogen-bond donors (Lipinski definition) is 1. The van der Waals surface area contributed by atoms with E-state index in [1.165, 1.54) is 22.9 Å². The Bertz CT molecular complexity index is 527. The van der Waals surface area contributed by atoms with Crippen molar-refractivity contribution in [2.24, 2.45) is 0 Å². The van der Waals surface area contributed by atoms with E-state index in [1.54, 1.807) is 0 Å². The van der Waals surface area contributed by atoms with E-state index in [4.69, 9.17) is 0 Å². The molecule has 88 valence electrons. The Morgan fingerprint density at radius 3 is 3.06 bits per heavy atom. The smallest absolute Gasteiger partial charge is 0.0705 e. The summed E-state index contributed by atoms with van der Waals surface area (Å²) >= 11 is 0. The van der Waals surface area contributed by atoms with Gasteiger partial charge < -0.3 is 5.32 Å². The molecule has 0 spiro atoms. The molecule has 1 aliphatic heterocycles. The average molecular weight is 226 g/mol. The second-order valence-corrected chi connectivity index (χ2v) is 4.84.